The van der Waals surface area contributed by atoms with Gasteiger partial charge in [-0.1, -0.05) is 6.07 Å². The van der Waals surface area contributed by atoms with Gasteiger partial charge in [-0.15, -0.1) is 0 Å². The summed E-state index contributed by atoms with van der Waals surface area (Å²) in [5.74, 6) is -1.47. The molecule has 0 aliphatic heterocycles. The molecule has 9 heteroatoms. The Hall–Kier alpha value is -2.68. The Balaban J connectivity index is 1.83. The molecule has 0 fully saturated rings. The highest BCUT2D eigenvalue weighted by atomic mass is 19.1. The number of hydrogen-bond acceptors (Lipinski definition) is 5. The molecule has 1 aromatic carbocycles. The molecule has 0 saturated carbocycles. The average molecular weight is 334 g/mol. The van der Waals surface area contributed by atoms with Gasteiger partial charge in [-0.05, 0) is 6.07 Å². The van der Waals surface area contributed by atoms with Crippen molar-refractivity contribution in [2.24, 2.45) is 0 Å². The van der Waals surface area contributed by atoms with Gasteiger partial charge in [0.25, 0.3) is 0 Å². The number of rotatable bonds is 7. The van der Waals surface area contributed by atoms with Crippen LogP contribution in [-0.4, -0.2) is 34.6 Å². The molecule has 0 aliphatic carbocycles. The van der Waals surface area contributed by atoms with Gasteiger partial charge < -0.3 is 5.11 Å². The normalized spacial score (nSPS) is 11.8. The van der Waals surface area contributed by atoms with Crippen LogP contribution >= 0.6 is 0 Å². The van der Waals surface area contributed by atoms with Crippen molar-refractivity contribution in [2.75, 3.05) is 0 Å². The molecule has 24 heavy (non-hydrogen) atoms. The number of nitrogens with zero attached hydrogens (tertiary/aromatic N) is 6. The fourth-order valence-electron chi connectivity index (χ4n) is 2.56. The minimum atomic E-state index is -1.50. The largest absolute Gasteiger partial charge is 0.385 e. The summed E-state index contributed by atoms with van der Waals surface area (Å²) in [4.78, 5) is 7.67. The van der Waals surface area contributed by atoms with E-state index in [1.807, 2.05) is 0 Å². The van der Waals surface area contributed by atoms with Crippen molar-refractivity contribution in [3.05, 3.63) is 60.7 Å². The highest BCUT2D eigenvalue weighted by Crippen LogP contribution is 2.32. The van der Waals surface area contributed by atoms with E-state index in [4.69, 9.17) is 0 Å². The highest BCUT2D eigenvalue weighted by molar-refractivity contribution is 5.25. The van der Waals surface area contributed by atoms with Crippen molar-refractivity contribution < 1.29 is 13.9 Å². The van der Waals surface area contributed by atoms with Crippen molar-refractivity contribution in [1.29, 1.82) is 0 Å². The van der Waals surface area contributed by atoms with Crippen molar-refractivity contribution in [2.45, 2.75) is 31.5 Å². The number of benzene rings is 1. The molecule has 0 spiro atoms. The average Bonchev–Trinajstić information content (AvgIpc) is 3.24. The molecule has 0 unspecified atom stereocenters. The maximum Gasteiger partial charge on any atom is 0.137 e. The number of halogens is 2. The van der Waals surface area contributed by atoms with Crippen LogP contribution in [0.2, 0.25) is 0 Å². The number of hydrogen-bond donors (Lipinski definition) is 1. The summed E-state index contributed by atoms with van der Waals surface area (Å²) in [6, 6.07) is 3.17. The Morgan fingerprint density at radius 2 is 1.54 bits per heavy atom. The Kier molecular flexibility index (Phi) is 4.61. The van der Waals surface area contributed by atoms with E-state index in [1.165, 1.54) is 31.4 Å². The van der Waals surface area contributed by atoms with Gasteiger partial charge in [0.1, 0.15) is 36.9 Å². The van der Waals surface area contributed by atoms with Crippen LogP contribution in [0.3, 0.4) is 0 Å². The third-order valence-corrected chi connectivity index (χ3v) is 3.87. The molecule has 2 aromatic heterocycles. The molecule has 0 atom stereocenters. The molecule has 7 nitrogen and oxygen atoms in total. The first kappa shape index (κ1) is 16.2. The second-order valence-corrected chi connectivity index (χ2v) is 5.47. The Morgan fingerprint density at radius 1 is 0.958 bits per heavy atom. The molecule has 2 heterocycles. The quantitative estimate of drug-likeness (QED) is 0.708. The molecule has 0 bridgehead atoms. The summed E-state index contributed by atoms with van der Waals surface area (Å²) in [6.45, 7) is 0.676. The van der Waals surface area contributed by atoms with Gasteiger partial charge in [0, 0.05) is 37.6 Å². The fourth-order valence-corrected chi connectivity index (χ4v) is 2.56. The summed E-state index contributed by atoms with van der Waals surface area (Å²) in [7, 11) is 0. The van der Waals surface area contributed by atoms with E-state index in [2.05, 4.69) is 20.2 Å². The van der Waals surface area contributed by atoms with Crippen molar-refractivity contribution in [3.63, 3.8) is 0 Å². The standard InChI is InChI=1S/C15H16F2N6O/c16-12-1-2-13(14(17)7-12)15(24,3-5-22-10-18-8-20-22)4-6-23-11-19-9-21-23/h1-2,7-11,24H,3-6H2. The number of aromatic nitrogens is 6. The summed E-state index contributed by atoms with van der Waals surface area (Å²) in [5, 5.41) is 19.0. The zero-order valence-corrected chi connectivity index (χ0v) is 12.8. The lowest BCUT2D eigenvalue weighted by Gasteiger charge is -2.29. The smallest absolute Gasteiger partial charge is 0.137 e. The molecular weight excluding hydrogens is 318 g/mol. The second-order valence-electron chi connectivity index (χ2n) is 5.47. The lowest BCUT2D eigenvalue weighted by Crippen LogP contribution is -2.30. The van der Waals surface area contributed by atoms with Crippen molar-refractivity contribution in [3.8, 4) is 0 Å². The molecule has 0 aliphatic rings. The van der Waals surface area contributed by atoms with Gasteiger partial charge >= 0.3 is 0 Å². The van der Waals surface area contributed by atoms with E-state index >= 15 is 0 Å². The van der Waals surface area contributed by atoms with Crippen LogP contribution in [0.4, 0.5) is 8.78 Å². The van der Waals surface area contributed by atoms with Gasteiger partial charge in [0.05, 0.1) is 5.60 Å². The predicted molar refractivity (Wildman–Crippen MR) is 79.5 cm³/mol. The van der Waals surface area contributed by atoms with Crippen LogP contribution in [0, 0.1) is 11.6 Å². The first-order chi connectivity index (χ1) is 11.6. The summed E-state index contributed by atoms with van der Waals surface area (Å²) >= 11 is 0. The van der Waals surface area contributed by atoms with Gasteiger partial charge in [-0.3, -0.25) is 9.36 Å². The van der Waals surface area contributed by atoms with Gasteiger partial charge in [0.15, 0.2) is 0 Å². The third kappa shape index (κ3) is 3.62. The van der Waals surface area contributed by atoms with Gasteiger partial charge in [-0.25, -0.2) is 18.7 Å². The van der Waals surface area contributed by atoms with E-state index in [9.17, 15) is 13.9 Å². The molecule has 0 radical (unpaired) electrons. The minimum Gasteiger partial charge on any atom is -0.385 e. The van der Waals surface area contributed by atoms with Crippen molar-refractivity contribution in [1.82, 2.24) is 29.5 Å². The lowest BCUT2D eigenvalue weighted by atomic mass is 9.86. The minimum absolute atomic E-state index is 0.0455. The lowest BCUT2D eigenvalue weighted by molar-refractivity contribution is 0.00502. The van der Waals surface area contributed by atoms with Gasteiger partial charge in [-0.2, -0.15) is 10.2 Å². The monoisotopic (exact) mass is 334 g/mol. The fraction of sp³-hybridized carbons (Fsp3) is 0.333. The first-order valence-electron chi connectivity index (χ1n) is 7.39. The zero-order chi connectivity index (χ0) is 17.0. The van der Waals surface area contributed by atoms with Crippen LogP contribution in [0.5, 0.6) is 0 Å². The predicted octanol–water partition coefficient (Wildman–Crippen LogP) is 1.52. The molecule has 126 valence electrons. The van der Waals surface area contributed by atoms with Crippen molar-refractivity contribution >= 4 is 0 Å². The summed E-state index contributed by atoms with van der Waals surface area (Å²) in [6.07, 6.45) is 6.17. The number of aryl methyl sites for hydroxylation is 2. The van der Waals surface area contributed by atoms with Crippen LogP contribution < -0.4 is 0 Å². The topological polar surface area (TPSA) is 81.6 Å². The third-order valence-electron chi connectivity index (χ3n) is 3.87. The van der Waals surface area contributed by atoms with Crippen LogP contribution in [0.25, 0.3) is 0 Å². The molecule has 3 rings (SSSR count). The maximum absolute atomic E-state index is 14.2. The number of aliphatic hydroxyl groups is 1. The Bertz CT molecular complexity index is 737. The maximum atomic E-state index is 14.2. The van der Waals surface area contributed by atoms with E-state index in [-0.39, 0.29) is 18.4 Å². The summed E-state index contributed by atoms with van der Waals surface area (Å²) < 4.78 is 30.5. The second kappa shape index (κ2) is 6.83. The van der Waals surface area contributed by atoms with E-state index in [0.29, 0.717) is 13.1 Å². The highest BCUT2D eigenvalue weighted by Gasteiger charge is 2.32. The van der Waals surface area contributed by atoms with E-state index < -0.39 is 17.2 Å². The van der Waals surface area contributed by atoms with Crippen LogP contribution in [0.15, 0.2) is 43.5 Å². The zero-order valence-electron chi connectivity index (χ0n) is 12.8. The van der Waals surface area contributed by atoms with Crippen LogP contribution in [0.1, 0.15) is 18.4 Å². The molecule has 3 aromatic rings. The van der Waals surface area contributed by atoms with E-state index in [0.717, 1.165) is 12.1 Å². The molecule has 0 saturated heterocycles. The van der Waals surface area contributed by atoms with E-state index in [1.54, 1.807) is 9.36 Å². The SMILES string of the molecule is OC(CCn1cncn1)(CCn1cncn1)c1ccc(F)cc1F. The molecule has 0 amide bonds. The molecule has 1 N–H and O–H groups in total. The van der Waals surface area contributed by atoms with Crippen LogP contribution in [-0.2, 0) is 18.7 Å². The summed E-state index contributed by atoms with van der Waals surface area (Å²) in [5.41, 5.74) is -1.46. The molecular formula is C15H16F2N6O. The Labute approximate surface area is 136 Å². The first-order valence-corrected chi connectivity index (χ1v) is 7.39. The Morgan fingerprint density at radius 3 is 2.00 bits per heavy atom. The van der Waals surface area contributed by atoms with Gasteiger partial charge in [0.2, 0.25) is 0 Å².